The standard InChI is InChI=1S/C18H20O2P2/c1-13-7-5-11-17(19-21)15(13)9-3-4-10-16-14(2)8-6-12-18(16)20-22/h3-12H,21-22H2,1-2H3. The number of aryl methyl sites for hydroxylation is 2. The fourth-order valence-corrected chi connectivity index (χ4v) is 2.65. The molecule has 0 saturated carbocycles. The Morgan fingerprint density at radius 2 is 1.14 bits per heavy atom. The van der Waals surface area contributed by atoms with Gasteiger partial charge in [-0.1, -0.05) is 48.6 Å². The Morgan fingerprint density at radius 1 is 0.727 bits per heavy atom. The van der Waals surface area contributed by atoms with Crippen LogP contribution < -0.4 is 9.05 Å². The molecule has 4 heteroatoms. The maximum Gasteiger partial charge on any atom is 0.129 e. The Hall–Kier alpha value is -1.62. The van der Waals surface area contributed by atoms with E-state index in [1.807, 2.05) is 48.6 Å². The highest BCUT2D eigenvalue weighted by molar-refractivity contribution is 7.10. The quantitative estimate of drug-likeness (QED) is 0.542. The normalized spacial score (nSPS) is 11.3. The van der Waals surface area contributed by atoms with Gasteiger partial charge < -0.3 is 9.05 Å². The van der Waals surface area contributed by atoms with E-state index < -0.39 is 0 Å². The molecule has 0 N–H and O–H groups in total. The third-order valence-corrected chi connectivity index (χ3v) is 3.97. The fraction of sp³-hybridized carbons (Fsp3) is 0.111. The van der Waals surface area contributed by atoms with Gasteiger partial charge in [0, 0.05) is 11.1 Å². The van der Waals surface area contributed by atoms with E-state index in [0.717, 1.165) is 22.6 Å². The average molecular weight is 330 g/mol. The molecule has 0 saturated heterocycles. The zero-order valence-corrected chi connectivity index (χ0v) is 15.1. The molecular formula is C18H20O2P2. The number of rotatable bonds is 5. The summed E-state index contributed by atoms with van der Waals surface area (Å²) in [4.78, 5) is 0. The van der Waals surface area contributed by atoms with Crippen molar-refractivity contribution in [2.75, 3.05) is 0 Å². The molecule has 0 aliphatic rings. The Labute approximate surface area is 136 Å². The monoisotopic (exact) mass is 330 g/mol. The van der Waals surface area contributed by atoms with E-state index in [-0.39, 0.29) is 0 Å². The highest BCUT2D eigenvalue weighted by Gasteiger charge is 2.02. The lowest BCUT2D eigenvalue weighted by atomic mass is 10.1. The lowest BCUT2D eigenvalue weighted by Gasteiger charge is -2.07. The summed E-state index contributed by atoms with van der Waals surface area (Å²) in [6, 6.07) is 12.0. The van der Waals surface area contributed by atoms with Crippen molar-refractivity contribution in [1.29, 1.82) is 0 Å². The molecule has 0 fully saturated rings. The minimum Gasteiger partial charge on any atom is -0.480 e. The molecule has 2 nitrogen and oxygen atoms in total. The molecule has 2 aromatic rings. The van der Waals surface area contributed by atoms with Gasteiger partial charge in [-0.2, -0.15) is 0 Å². The number of hydrogen-bond acceptors (Lipinski definition) is 2. The summed E-state index contributed by atoms with van der Waals surface area (Å²) < 4.78 is 10.6. The Kier molecular flexibility index (Phi) is 6.19. The van der Waals surface area contributed by atoms with Crippen molar-refractivity contribution in [3.05, 3.63) is 70.8 Å². The van der Waals surface area contributed by atoms with Crippen molar-refractivity contribution >= 4 is 31.1 Å². The summed E-state index contributed by atoms with van der Waals surface area (Å²) in [5.74, 6) is 1.69. The van der Waals surface area contributed by atoms with Crippen molar-refractivity contribution in [2.45, 2.75) is 13.8 Å². The van der Waals surface area contributed by atoms with Crippen LogP contribution in [0.5, 0.6) is 11.5 Å². The number of benzene rings is 2. The molecular weight excluding hydrogens is 310 g/mol. The maximum atomic E-state index is 5.32. The first-order valence-corrected chi connectivity index (χ1v) is 7.89. The van der Waals surface area contributed by atoms with Crippen molar-refractivity contribution < 1.29 is 9.05 Å². The van der Waals surface area contributed by atoms with E-state index in [2.05, 4.69) is 44.9 Å². The van der Waals surface area contributed by atoms with Crippen LogP contribution in [0.4, 0.5) is 0 Å². The van der Waals surface area contributed by atoms with Gasteiger partial charge in [0.1, 0.15) is 11.5 Å². The molecule has 0 aliphatic carbocycles. The van der Waals surface area contributed by atoms with Gasteiger partial charge in [0.15, 0.2) is 0 Å². The van der Waals surface area contributed by atoms with E-state index in [0.29, 0.717) is 0 Å². The predicted octanol–water partition coefficient (Wildman–Crippen LogP) is 5.37. The van der Waals surface area contributed by atoms with Crippen LogP contribution in [0.15, 0.2) is 48.6 Å². The molecule has 22 heavy (non-hydrogen) atoms. The third kappa shape index (κ3) is 3.97. The molecule has 0 spiro atoms. The Morgan fingerprint density at radius 3 is 1.50 bits per heavy atom. The summed E-state index contributed by atoms with van der Waals surface area (Å²) in [6.45, 7) is 4.14. The van der Waals surface area contributed by atoms with Crippen LogP contribution >= 0.6 is 18.9 Å². The molecule has 0 bridgehead atoms. The van der Waals surface area contributed by atoms with Crippen molar-refractivity contribution in [3.8, 4) is 11.5 Å². The molecule has 0 radical (unpaired) electrons. The largest absolute Gasteiger partial charge is 0.480 e. The molecule has 2 unspecified atom stereocenters. The van der Waals surface area contributed by atoms with Gasteiger partial charge in [-0.05, 0) is 37.1 Å². The van der Waals surface area contributed by atoms with Gasteiger partial charge in [0.25, 0.3) is 0 Å². The van der Waals surface area contributed by atoms with Gasteiger partial charge >= 0.3 is 0 Å². The van der Waals surface area contributed by atoms with Gasteiger partial charge in [0.05, 0.1) is 18.9 Å². The zero-order valence-electron chi connectivity index (χ0n) is 12.7. The summed E-state index contributed by atoms with van der Waals surface area (Å²) in [5, 5.41) is 0. The Bertz CT molecular complexity index is 645. The van der Waals surface area contributed by atoms with Crippen molar-refractivity contribution in [1.82, 2.24) is 0 Å². The first-order chi connectivity index (χ1) is 10.7. The fourth-order valence-electron chi connectivity index (χ4n) is 2.24. The second-order valence-electron chi connectivity index (χ2n) is 4.93. The molecule has 114 valence electrons. The first-order valence-electron chi connectivity index (χ1n) is 6.95. The van der Waals surface area contributed by atoms with E-state index >= 15 is 0 Å². The third-order valence-electron chi connectivity index (χ3n) is 3.46. The summed E-state index contributed by atoms with van der Waals surface area (Å²) in [7, 11) is 4.59. The molecule has 2 aromatic carbocycles. The van der Waals surface area contributed by atoms with E-state index in [1.165, 1.54) is 11.1 Å². The second-order valence-corrected chi connectivity index (χ2v) is 5.40. The minimum absolute atomic E-state index is 0.847. The molecule has 2 rings (SSSR count). The van der Waals surface area contributed by atoms with Gasteiger partial charge in [0.2, 0.25) is 0 Å². The van der Waals surface area contributed by atoms with E-state index in [4.69, 9.17) is 9.05 Å². The van der Waals surface area contributed by atoms with Gasteiger partial charge in [-0.15, -0.1) is 0 Å². The molecule has 2 atom stereocenters. The summed E-state index contributed by atoms with van der Waals surface area (Å²) in [6.07, 6.45) is 8.11. The van der Waals surface area contributed by atoms with Gasteiger partial charge in [-0.3, -0.25) is 0 Å². The molecule has 0 amide bonds. The lowest BCUT2D eigenvalue weighted by Crippen LogP contribution is -1.85. The molecule has 0 heterocycles. The lowest BCUT2D eigenvalue weighted by molar-refractivity contribution is 0.643. The van der Waals surface area contributed by atoms with Crippen LogP contribution in [0.3, 0.4) is 0 Å². The van der Waals surface area contributed by atoms with Crippen LogP contribution in [0.25, 0.3) is 12.2 Å². The summed E-state index contributed by atoms with van der Waals surface area (Å²) in [5.41, 5.74) is 4.51. The zero-order chi connectivity index (χ0) is 15.9. The van der Waals surface area contributed by atoms with Crippen molar-refractivity contribution in [2.24, 2.45) is 0 Å². The first kappa shape index (κ1) is 16.7. The van der Waals surface area contributed by atoms with E-state index in [1.54, 1.807) is 0 Å². The SMILES string of the molecule is Cc1cccc(OP)c1C=CC=Cc1c(C)cccc1OP. The van der Waals surface area contributed by atoms with Crippen LogP contribution in [0.1, 0.15) is 22.3 Å². The number of hydrogen-bond donors (Lipinski definition) is 0. The van der Waals surface area contributed by atoms with E-state index in [9.17, 15) is 0 Å². The Balaban J connectivity index is 2.24. The molecule has 0 aromatic heterocycles. The average Bonchev–Trinajstić information content (AvgIpc) is 2.53. The van der Waals surface area contributed by atoms with Crippen LogP contribution in [0, 0.1) is 13.8 Å². The highest BCUT2D eigenvalue weighted by atomic mass is 31.0. The maximum absolute atomic E-state index is 5.32. The van der Waals surface area contributed by atoms with Crippen LogP contribution in [0.2, 0.25) is 0 Å². The minimum atomic E-state index is 0.847. The van der Waals surface area contributed by atoms with Crippen LogP contribution in [-0.2, 0) is 0 Å². The van der Waals surface area contributed by atoms with Crippen molar-refractivity contribution in [3.63, 3.8) is 0 Å². The summed E-state index contributed by atoms with van der Waals surface area (Å²) >= 11 is 0. The molecule has 0 aliphatic heterocycles. The van der Waals surface area contributed by atoms with Gasteiger partial charge in [-0.25, -0.2) is 0 Å². The topological polar surface area (TPSA) is 18.5 Å². The highest BCUT2D eigenvalue weighted by Crippen LogP contribution is 2.26. The second kappa shape index (κ2) is 8.13. The number of allylic oxidation sites excluding steroid dienone is 2. The smallest absolute Gasteiger partial charge is 0.129 e. The van der Waals surface area contributed by atoms with Crippen LogP contribution in [-0.4, -0.2) is 0 Å². The predicted molar refractivity (Wildman–Crippen MR) is 101 cm³/mol.